The first-order valence-electron chi connectivity index (χ1n) is 12.1. The predicted molar refractivity (Wildman–Crippen MR) is 161 cm³/mol. The number of fused-ring (bicyclic) bond motifs is 2. The van der Waals surface area contributed by atoms with E-state index in [0.717, 1.165) is 20.8 Å². The maximum atomic E-state index is 13.4. The smallest absolute Gasteiger partial charge is 0.266 e. The Morgan fingerprint density at radius 3 is 2.59 bits per heavy atom. The topological polar surface area (TPSA) is 76.9 Å². The zero-order chi connectivity index (χ0) is 26.9. The lowest BCUT2D eigenvalue weighted by Crippen LogP contribution is -2.23. The van der Waals surface area contributed by atoms with Crippen molar-refractivity contribution in [3.05, 3.63) is 112 Å². The van der Waals surface area contributed by atoms with Crippen LogP contribution in [-0.2, 0) is 4.79 Å². The molecule has 0 aliphatic rings. The van der Waals surface area contributed by atoms with Crippen LogP contribution in [0.5, 0.6) is 0 Å². The monoisotopic (exact) mass is 568 g/mol. The zero-order valence-corrected chi connectivity index (χ0v) is 23.1. The normalized spacial score (nSPS) is 11.2. The molecule has 192 valence electrons. The molecule has 0 saturated carbocycles. The third-order valence-corrected chi connectivity index (χ3v) is 8.34. The lowest BCUT2D eigenvalue weighted by molar-refractivity contribution is -0.113. The highest BCUT2D eigenvalue weighted by atomic mass is 35.5. The number of rotatable bonds is 6. The number of amides is 1. The lowest BCUT2D eigenvalue weighted by atomic mass is 10.2. The fourth-order valence-electron chi connectivity index (χ4n) is 4.23. The van der Waals surface area contributed by atoms with Gasteiger partial charge in [-0.25, -0.2) is 9.97 Å². The molecule has 4 aromatic carbocycles. The van der Waals surface area contributed by atoms with Crippen LogP contribution in [0.25, 0.3) is 37.4 Å². The largest absolute Gasteiger partial charge is 0.325 e. The highest BCUT2D eigenvalue weighted by Gasteiger charge is 2.15. The quantitative estimate of drug-likeness (QED) is 0.168. The average molecular weight is 569 g/mol. The van der Waals surface area contributed by atoms with Crippen LogP contribution in [0.4, 0.5) is 5.69 Å². The molecular weight excluding hydrogens is 548 g/mol. The van der Waals surface area contributed by atoms with Crippen molar-refractivity contribution in [3.63, 3.8) is 0 Å². The first-order chi connectivity index (χ1) is 18.9. The van der Waals surface area contributed by atoms with E-state index in [1.807, 2.05) is 36.4 Å². The minimum Gasteiger partial charge on any atom is -0.325 e. The van der Waals surface area contributed by atoms with E-state index in [0.29, 0.717) is 32.5 Å². The maximum absolute atomic E-state index is 13.4. The number of halogens is 1. The third kappa shape index (κ3) is 5.31. The second-order valence-corrected chi connectivity index (χ2v) is 11.3. The van der Waals surface area contributed by atoms with Crippen LogP contribution in [-0.4, -0.2) is 26.2 Å². The molecule has 6 aromatic rings. The number of nitrogens with zero attached hydrogens (tertiary/aromatic N) is 3. The summed E-state index contributed by atoms with van der Waals surface area (Å²) < 4.78 is 2.65. The van der Waals surface area contributed by atoms with Gasteiger partial charge < -0.3 is 5.32 Å². The molecule has 1 amide bonds. The SMILES string of the molecule is Cc1ccc2nc(-c3ccc(NC(=O)CSc4nc5ccccc5c(=O)n4-c4cccc(Cl)c4)cc3)sc2c1. The molecule has 0 saturated heterocycles. The third-order valence-electron chi connectivity index (χ3n) is 6.10. The highest BCUT2D eigenvalue weighted by molar-refractivity contribution is 7.99. The zero-order valence-electron chi connectivity index (χ0n) is 20.7. The van der Waals surface area contributed by atoms with Crippen molar-refractivity contribution in [2.75, 3.05) is 11.1 Å². The van der Waals surface area contributed by atoms with Crippen molar-refractivity contribution >= 4 is 67.4 Å². The average Bonchev–Trinajstić information content (AvgIpc) is 3.36. The number of hydrogen-bond acceptors (Lipinski definition) is 6. The number of anilines is 1. The van der Waals surface area contributed by atoms with E-state index in [9.17, 15) is 9.59 Å². The molecule has 1 N–H and O–H groups in total. The maximum Gasteiger partial charge on any atom is 0.266 e. The van der Waals surface area contributed by atoms with Crippen LogP contribution in [0.15, 0.2) is 101 Å². The van der Waals surface area contributed by atoms with Crippen LogP contribution >= 0.6 is 34.7 Å². The summed E-state index contributed by atoms with van der Waals surface area (Å²) in [6.45, 7) is 2.07. The van der Waals surface area contributed by atoms with Crippen molar-refractivity contribution in [3.8, 4) is 16.3 Å². The lowest BCUT2D eigenvalue weighted by Gasteiger charge is -2.13. The van der Waals surface area contributed by atoms with E-state index < -0.39 is 0 Å². The Balaban J connectivity index is 1.20. The van der Waals surface area contributed by atoms with Gasteiger partial charge in [0.25, 0.3) is 5.56 Å². The van der Waals surface area contributed by atoms with Crippen LogP contribution in [0, 0.1) is 6.92 Å². The molecule has 6 nitrogen and oxygen atoms in total. The fraction of sp³-hybridized carbons (Fsp3) is 0.0667. The summed E-state index contributed by atoms with van der Waals surface area (Å²) in [7, 11) is 0. The summed E-state index contributed by atoms with van der Waals surface area (Å²) >= 11 is 9.05. The molecule has 0 fully saturated rings. The van der Waals surface area contributed by atoms with Gasteiger partial charge in [0.05, 0.1) is 32.6 Å². The molecule has 0 atom stereocenters. The van der Waals surface area contributed by atoms with Gasteiger partial charge in [0.1, 0.15) is 5.01 Å². The molecule has 0 bridgehead atoms. The fourth-order valence-corrected chi connectivity index (χ4v) is 6.30. The molecule has 6 rings (SSSR count). The van der Waals surface area contributed by atoms with Gasteiger partial charge in [-0.1, -0.05) is 47.6 Å². The summed E-state index contributed by atoms with van der Waals surface area (Å²) in [4.78, 5) is 35.7. The molecule has 0 aliphatic carbocycles. The highest BCUT2D eigenvalue weighted by Crippen LogP contribution is 2.31. The Hall–Kier alpha value is -3.98. The van der Waals surface area contributed by atoms with Crippen molar-refractivity contribution in [2.24, 2.45) is 0 Å². The minimum absolute atomic E-state index is 0.0737. The molecular formula is C30H21ClN4O2S2. The summed E-state index contributed by atoms with van der Waals surface area (Å²) in [5.41, 5.74) is 4.81. The number of benzene rings is 4. The van der Waals surface area contributed by atoms with E-state index in [-0.39, 0.29) is 17.2 Å². The summed E-state index contributed by atoms with van der Waals surface area (Å²) in [5, 5.41) is 5.28. The summed E-state index contributed by atoms with van der Waals surface area (Å²) in [6, 6.07) is 28.1. The Labute approximate surface area is 237 Å². The number of aromatic nitrogens is 3. The number of hydrogen-bond donors (Lipinski definition) is 1. The molecule has 0 radical (unpaired) electrons. The van der Waals surface area contributed by atoms with E-state index >= 15 is 0 Å². The van der Waals surface area contributed by atoms with Crippen LogP contribution in [0.3, 0.4) is 0 Å². The second-order valence-electron chi connectivity index (χ2n) is 8.94. The van der Waals surface area contributed by atoms with Crippen LogP contribution < -0.4 is 10.9 Å². The van der Waals surface area contributed by atoms with Crippen LogP contribution in [0.2, 0.25) is 5.02 Å². The standard InChI is InChI=1S/C30H21ClN4O2S2/c1-18-9-14-25-26(15-18)39-28(33-25)19-10-12-21(13-11-19)32-27(36)17-38-30-34-24-8-3-2-7-23(24)29(37)35(30)22-6-4-5-20(31)16-22/h2-16H,17H2,1H3,(H,32,36). The molecule has 9 heteroatoms. The Kier molecular flexibility index (Phi) is 6.91. The van der Waals surface area contributed by atoms with Gasteiger partial charge in [0.15, 0.2) is 5.16 Å². The van der Waals surface area contributed by atoms with Gasteiger partial charge in [-0.2, -0.15) is 0 Å². The Morgan fingerprint density at radius 2 is 1.77 bits per heavy atom. The Bertz CT molecular complexity index is 1920. The first kappa shape index (κ1) is 25.3. The van der Waals surface area contributed by atoms with Gasteiger partial charge in [-0.05, 0) is 79.2 Å². The van der Waals surface area contributed by atoms with Gasteiger partial charge in [-0.15, -0.1) is 11.3 Å². The van der Waals surface area contributed by atoms with Gasteiger partial charge in [0.2, 0.25) is 5.91 Å². The molecule has 2 heterocycles. The second kappa shape index (κ2) is 10.6. The number of carbonyl (C=O) groups excluding carboxylic acids is 1. The number of thioether (sulfide) groups is 1. The van der Waals surface area contributed by atoms with E-state index in [2.05, 4.69) is 29.4 Å². The molecule has 39 heavy (non-hydrogen) atoms. The first-order valence-corrected chi connectivity index (χ1v) is 14.3. The molecule has 0 spiro atoms. The number of aryl methyl sites for hydroxylation is 1. The van der Waals surface area contributed by atoms with Crippen molar-refractivity contribution in [1.82, 2.24) is 14.5 Å². The minimum atomic E-state index is -0.216. The van der Waals surface area contributed by atoms with E-state index in [4.69, 9.17) is 16.6 Å². The molecule has 0 unspecified atom stereocenters. The van der Waals surface area contributed by atoms with Crippen molar-refractivity contribution in [1.29, 1.82) is 0 Å². The predicted octanol–water partition coefficient (Wildman–Crippen LogP) is 7.36. The number of thiazole rings is 1. The summed E-state index contributed by atoms with van der Waals surface area (Å²) in [5.74, 6) is -0.132. The number of nitrogens with one attached hydrogen (secondary N) is 1. The Morgan fingerprint density at radius 1 is 0.949 bits per heavy atom. The van der Waals surface area contributed by atoms with Gasteiger partial charge in [-0.3, -0.25) is 14.2 Å². The van der Waals surface area contributed by atoms with Crippen molar-refractivity contribution in [2.45, 2.75) is 12.1 Å². The van der Waals surface area contributed by atoms with E-state index in [1.165, 1.54) is 21.9 Å². The number of para-hydroxylation sites is 1. The number of carbonyl (C=O) groups is 1. The van der Waals surface area contributed by atoms with Gasteiger partial charge in [0, 0.05) is 16.3 Å². The molecule has 2 aromatic heterocycles. The van der Waals surface area contributed by atoms with Gasteiger partial charge >= 0.3 is 0 Å². The van der Waals surface area contributed by atoms with Crippen LogP contribution in [0.1, 0.15) is 5.56 Å². The van der Waals surface area contributed by atoms with E-state index in [1.54, 1.807) is 53.8 Å². The summed E-state index contributed by atoms with van der Waals surface area (Å²) in [6.07, 6.45) is 0. The molecule has 0 aliphatic heterocycles. The van der Waals surface area contributed by atoms with Crippen molar-refractivity contribution < 1.29 is 4.79 Å².